The number of rotatable bonds is 2. The molecule has 0 bridgehead atoms. The van der Waals surface area contributed by atoms with Crippen LogP contribution in [-0.4, -0.2) is 0 Å². The molecular weight excluding hydrogens is 120 g/mol. The first-order valence-electron chi connectivity index (χ1n) is 3.50. The van der Waals surface area contributed by atoms with Crippen LogP contribution < -0.4 is 0 Å². The van der Waals surface area contributed by atoms with Gasteiger partial charge in [0.1, 0.15) is 0 Å². The van der Waals surface area contributed by atoms with Crippen LogP contribution in [0.15, 0.2) is 49.1 Å². The Hall–Kier alpha value is -1.04. The van der Waals surface area contributed by atoms with Crippen molar-refractivity contribution in [2.75, 3.05) is 0 Å². The van der Waals surface area contributed by atoms with Crippen LogP contribution in [0.4, 0.5) is 0 Å². The zero-order valence-corrected chi connectivity index (χ0v) is 6.09. The molecule has 0 radical (unpaired) electrons. The SMILES string of the molecule is C=CC1=CCC(C=C)C=C1. The zero-order chi connectivity index (χ0) is 7.40. The van der Waals surface area contributed by atoms with E-state index in [4.69, 9.17) is 0 Å². The summed E-state index contributed by atoms with van der Waals surface area (Å²) in [4.78, 5) is 0. The summed E-state index contributed by atoms with van der Waals surface area (Å²) in [6.45, 7) is 7.42. The lowest BCUT2D eigenvalue weighted by Crippen LogP contribution is -1.93. The van der Waals surface area contributed by atoms with E-state index in [2.05, 4.69) is 31.4 Å². The van der Waals surface area contributed by atoms with E-state index in [1.54, 1.807) is 0 Å². The molecule has 0 heterocycles. The summed E-state index contributed by atoms with van der Waals surface area (Å²) in [7, 11) is 0. The molecule has 1 unspecified atom stereocenters. The Balaban J connectivity index is 2.62. The van der Waals surface area contributed by atoms with Crippen molar-refractivity contribution < 1.29 is 0 Å². The van der Waals surface area contributed by atoms with Crippen molar-refractivity contribution in [3.8, 4) is 0 Å². The van der Waals surface area contributed by atoms with Crippen molar-refractivity contribution in [1.29, 1.82) is 0 Å². The van der Waals surface area contributed by atoms with E-state index in [0.29, 0.717) is 5.92 Å². The summed E-state index contributed by atoms with van der Waals surface area (Å²) in [5.74, 6) is 0.531. The minimum atomic E-state index is 0.531. The minimum Gasteiger partial charge on any atom is -0.102 e. The average Bonchev–Trinajstić information content (AvgIpc) is 2.05. The molecule has 0 spiro atoms. The van der Waals surface area contributed by atoms with E-state index in [-0.39, 0.29) is 0 Å². The number of allylic oxidation sites excluding steroid dienone is 6. The van der Waals surface area contributed by atoms with E-state index in [1.165, 1.54) is 5.57 Å². The van der Waals surface area contributed by atoms with Crippen molar-refractivity contribution in [1.82, 2.24) is 0 Å². The largest absolute Gasteiger partial charge is 0.102 e. The van der Waals surface area contributed by atoms with Crippen LogP contribution in [0.3, 0.4) is 0 Å². The Bertz CT molecular complexity index is 194. The maximum absolute atomic E-state index is 3.73. The molecule has 1 aliphatic carbocycles. The van der Waals surface area contributed by atoms with Crippen LogP contribution in [0.2, 0.25) is 0 Å². The second kappa shape index (κ2) is 3.21. The van der Waals surface area contributed by atoms with Gasteiger partial charge in [-0.25, -0.2) is 0 Å². The zero-order valence-electron chi connectivity index (χ0n) is 6.09. The van der Waals surface area contributed by atoms with Gasteiger partial charge in [-0.2, -0.15) is 0 Å². The normalized spacial score (nSPS) is 23.6. The molecule has 0 N–H and O–H groups in total. The Morgan fingerprint density at radius 2 is 2.30 bits per heavy atom. The van der Waals surface area contributed by atoms with Gasteiger partial charge in [-0.1, -0.05) is 37.0 Å². The Kier molecular flexibility index (Phi) is 2.27. The number of hydrogen-bond acceptors (Lipinski definition) is 0. The molecule has 52 valence electrons. The van der Waals surface area contributed by atoms with Crippen LogP contribution in [0.25, 0.3) is 0 Å². The molecule has 0 amide bonds. The molecule has 0 nitrogen and oxygen atoms in total. The fourth-order valence-corrected chi connectivity index (χ4v) is 0.980. The Morgan fingerprint density at radius 3 is 2.70 bits per heavy atom. The standard InChI is InChI=1S/C10H12/c1-3-9-5-7-10(4-2)8-6-9/h3-7,10H,1-2,8H2. The molecule has 0 aliphatic heterocycles. The summed E-state index contributed by atoms with van der Waals surface area (Å²) in [5, 5.41) is 0. The van der Waals surface area contributed by atoms with Crippen LogP contribution in [-0.2, 0) is 0 Å². The fourth-order valence-electron chi connectivity index (χ4n) is 0.980. The molecule has 0 aromatic carbocycles. The van der Waals surface area contributed by atoms with E-state index in [1.807, 2.05) is 12.2 Å². The highest BCUT2D eigenvalue weighted by atomic mass is 14.1. The van der Waals surface area contributed by atoms with Gasteiger partial charge in [-0.15, -0.1) is 6.58 Å². The van der Waals surface area contributed by atoms with Crippen LogP contribution in [0.5, 0.6) is 0 Å². The van der Waals surface area contributed by atoms with Crippen LogP contribution in [0.1, 0.15) is 6.42 Å². The monoisotopic (exact) mass is 132 g/mol. The first kappa shape index (κ1) is 7.07. The van der Waals surface area contributed by atoms with E-state index in [0.717, 1.165) is 6.42 Å². The molecule has 1 aliphatic rings. The highest BCUT2D eigenvalue weighted by Crippen LogP contribution is 2.16. The molecule has 0 aromatic heterocycles. The van der Waals surface area contributed by atoms with Crippen molar-refractivity contribution in [3.63, 3.8) is 0 Å². The molecule has 10 heavy (non-hydrogen) atoms. The average molecular weight is 132 g/mol. The van der Waals surface area contributed by atoms with Crippen LogP contribution in [0, 0.1) is 5.92 Å². The lowest BCUT2D eigenvalue weighted by atomic mass is 9.97. The van der Waals surface area contributed by atoms with E-state index < -0.39 is 0 Å². The van der Waals surface area contributed by atoms with Crippen LogP contribution >= 0.6 is 0 Å². The van der Waals surface area contributed by atoms with Gasteiger partial charge in [0, 0.05) is 0 Å². The molecule has 0 saturated heterocycles. The summed E-state index contributed by atoms with van der Waals surface area (Å²) < 4.78 is 0. The van der Waals surface area contributed by atoms with Gasteiger partial charge >= 0.3 is 0 Å². The Morgan fingerprint density at radius 1 is 1.50 bits per heavy atom. The third-order valence-electron chi connectivity index (χ3n) is 1.70. The first-order valence-corrected chi connectivity index (χ1v) is 3.50. The first-order chi connectivity index (χ1) is 4.86. The fraction of sp³-hybridized carbons (Fsp3) is 0.200. The Labute approximate surface area is 62.3 Å². The predicted octanol–water partition coefficient (Wildman–Crippen LogP) is 2.86. The summed E-state index contributed by atoms with van der Waals surface area (Å²) in [5.41, 5.74) is 1.22. The van der Waals surface area contributed by atoms with Crippen molar-refractivity contribution in [2.45, 2.75) is 6.42 Å². The minimum absolute atomic E-state index is 0.531. The molecule has 1 rings (SSSR count). The van der Waals surface area contributed by atoms with E-state index in [9.17, 15) is 0 Å². The molecule has 0 saturated carbocycles. The summed E-state index contributed by atoms with van der Waals surface area (Å²) in [6, 6.07) is 0. The smallest absolute Gasteiger partial charge is 0.00180 e. The number of hydrogen-bond donors (Lipinski definition) is 0. The topological polar surface area (TPSA) is 0 Å². The molecule has 0 fully saturated rings. The van der Waals surface area contributed by atoms with Crippen molar-refractivity contribution >= 4 is 0 Å². The molecule has 1 atom stereocenters. The van der Waals surface area contributed by atoms with E-state index >= 15 is 0 Å². The maximum Gasteiger partial charge on any atom is -0.00180 e. The molecular formula is C10H12. The lowest BCUT2D eigenvalue weighted by molar-refractivity contribution is 0.820. The third-order valence-corrected chi connectivity index (χ3v) is 1.70. The van der Waals surface area contributed by atoms with Crippen molar-refractivity contribution in [2.24, 2.45) is 5.92 Å². The highest BCUT2D eigenvalue weighted by molar-refractivity contribution is 5.33. The maximum atomic E-state index is 3.73. The second-order valence-corrected chi connectivity index (χ2v) is 2.40. The summed E-state index contributed by atoms with van der Waals surface area (Å²) in [6.07, 6.45) is 11.3. The van der Waals surface area contributed by atoms with Gasteiger partial charge in [0.05, 0.1) is 0 Å². The summed E-state index contributed by atoms with van der Waals surface area (Å²) >= 11 is 0. The molecule has 0 heteroatoms. The quantitative estimate of drug-likeness (QED) is 0.507. The lowest BCUT2D eigenvalue weighted by Gasteiger charge is -2.08. The van der Waals surface area contributed by atoms with Gasteiger partial charge in [0.2, 0.25) is 0 Å². The van der Waals surface area contributed by atoms with Gasteiger partial charge in [-0.05, 0) is 17.9 Å². The highest BCUT2D eigenvalue weighted by Gasteiger charge is 2.01. The predicted molar refractivity (Wildman–Crippen MR) is 45.7 cm³/mol. The van der Waals surface area contributed by atoms with Gasteiger partial charge in [-0.3, -0.25) is 0 Å². The van der Waals surface area contributed by atoms with Crippen molar-refractivity contribution in [3.05, 3.63) is 49.1 Å². The third kappa shape index (κ3) is 1.47. The van der Waals surface area contributed by atoms with Gasteiger partial charge in [0.25, 0.3) is 0 Å². The van der Waals surface area contributed by atoms with Gasteiger partial charge in [0.15, 0.2) is 0 Å². The second-order valence-electron chi connectivity index (χ2n) is 2.40. The van der Waals surface area contributed by atoms with Gasteiger partial charge < -0.3 is 0 Å². The molecule has 0 aromatic rings.